The Kier molecular flexibility index (Phi) is 4.54. The van der Waals surface area contributed by atoms with Crippen molar-refractivity contribution in [1.29, 1.82) is 0 Å². The molecule has 4 rings (SSSR count). The molecular formula is C17H24N6O2. The molecule has 1 saturated heterocycles. The zero-order chi connectivity index (χ0) is 17.2. The van der Waals surface area contributed by atoms with Crippen molar-refractivity contribution in [2.75, 3.05) is 44.8 Å². The lowest BCUT2D eigenvalue weighted by Crippen LogP contribution is -2.46. The van der Waals surface area contributed by atoms with Gasteiger partial charge in [-0.2, -0.15) is 4.98 Å². The second-order valence-corrected chi connectivity index (χ2v) is 6.48. The Labute approximate surface area is 147 Å². The summed E-state index contributed by atoms with van der Waals surface area (Å²) in [5, 5.41) is 0. The van der Waals surface area contributed by atoms with Gasteiger partial charge in [0.1, 0.15) is 12.4 Å². The molecule has 25 heavy (non-hydrogen) atoms. The van der Waals surface area contributed by atoms with Crippen LogP contribution in [-0.4, -0.2) is 64.3 Å². The number of hydrogen-bond acceptors (Lipinski definition) is 7. The van der Waals surface area contributed by atoms with E-state index in [4.69, 9.17) is 9.47 Å². The third-order valence-electron chi connectivity index (χ3n) is 4.78. The van der Waals surface area contributed by atoms with Gasteiger partial charge >= 0.3 is 0 Å². The molecular weight excluding hydrogens is 320 g/mol. The van der Waals surface area contributed by atoms with Crippen molar-refractivity contribution in [1.82, 2.24) is 24.4 Å². The standard InChI is InChI=1S/C17H24N6O2/c1-13-9-16(24-2)20-17(19-13)22-5-3-21(4-6-22)11-14-10-18-15-12-25-8-7-23(14)15/h9-10H,3-8,11-12H2,1-2H3. The molecule has 134 valence electrons. The van der Waals surface area contributed by atoms with Crippen molar-refractivity contribution < 1.29 is 9.47 Å². The number of aryl methyl sites for hydroxylation is 1. The minimum Gasteiger partial charge on any atom is -0.481 e. The summed E-state index contributed by atoms with van der Waals surface area (Å²) in [7, 11) is 1.64. The number of methoxy groups -OCH3 is 1. The van der Waals surface area contributed by atoms with Crippen LogP contribution >= 0.6 is 0 Å². The molecule has 0 N–H and O–H groups in total. The molecule has 0 spiro atoms. The molecule has 0 aliphatic carbocycles. The second-order valence-electron chi connectivity index (χ2n) is 6.48. The van der Waals surface area contributed by atoms with Gasteiger partial charge in [0.25, 0.3) is 0 Å². The second kappa shape index (κ2) is 6.97. The molecule has 0 radical (unpaired) electrons. The molecule has 8 nitrogen and oxygen atoms in total. The van der Waals surface area contributed by atoms with Crippen molar-refractivity contribution in [3.8, 4) is 5.88 Å². The SMILES string of the molecule is COc1cc(C)nc(N2CCN(Cc3cnc4n3CCOC4)CC2)n1. The van der Waals surface area contributed by atoms with E-state index < -0.39 is 0 Å². The highest BCUT2D eigenvalue weighted by Crippen LogP contribution is 2.18. The number of ether oxygens (including phenoxy) is 2. The summed E-state index contributed by atoms with van der Waals surface area (Å²) in [6.45, 7) is 8.99. The van der Waals surface area contributed by atoms with Gasteiger partial charge < -0.3 is 18.9 Å². The van der Waals surface area contributed by atoms with Crippen LogP contribution in [0.25, 0.3) is 0 Å². The van der Waals surface area contributed by atoms with Gasteiger partial charge in [0.05, 0.1) is 19.4 Å². The van der Waals surface area contributed by atoms with E-state index in [1.54, 1.807) is 7.11 Å². The van der Waals surface area contributed by atoms with Crippen LogP contribution in [0.3, 0.4) is 0 Å². The average Bonchev–Trinajstić information content (AvgIpc) is 3.05. The van der Waals surface area contributed by atoms with Crippen LogP contribution in [0.15, 0.2) is 12.3 Å². The summed E-state index contributed by atoms with van der Waals surface area (Å²) in [5.74, 6) is 2.42. The third kappa shape index (κ3) is 3.45. The largest absolute Gasteiger partial charge is 0.481 e. The van der Waals surface area contributed by atoms with Crippen molar-refractivity contribution >= 4 is 5.95 Å². The van der Waals surface area contributed by atoms with Crippen molar-refractivity contribution in [3.05, 3.63) is 29.5 Å². The molecule has 8 heteroatoms. The first kappa shape index (κ1) is 16.3. The first-order valence-corrected chi connectivity index (χ1v) is 8.71. The first-order chi connectivity index (χ1) is 12.2. The summed E-state index contributed by atoms with van der Waals surface area (Å²) in [4.78, 5) is 18.2. The van der Waals surface area contributed by atoms with Gasteiger partial charge in [0.2, 0.25) is 11.8 Å². The van der Waals surface area contributed by atoms with E-state index in [1.807, 2.05) is 19.2 Å². The molecule has 1 fully saturated rings. The van der Waals surface area contributed by atoms with E-state index in [9.17, 15) is 0 Å². The summed E-state index contributed by atoms with van der Waals surface area (Å²) >= 11 is 0. The van der Waals surface area contributed by atoms with Crippen molar-refractivity contribution in [3.63, 3.8) is 0 Å². The van der Waals surface area contributed by atoms with E-state index in [0.29, 0.717) is 12.5 Å². The Hall–Kier alpha value is -2.19. The molecule has 4 heterocycles. The smallest absolute Gasteiger partial charge is 0.228 e. The number of hydrogen-bond donors (Lipinski definition) is 0. The Morgan fingerprint density at radius 1 is 1.16 bits per heavy atom. The highest BCUT2D eigenvalue weighted by Gasteiger charge is 2.22. The fourth-order valence-corrected chi connectivity index (χ4v) is 3.39. The van der Waals surface area contributed by atoms with Crippen LogP contribution < -0.4 is 9.64 Å². The molecule has 0 bridgehead atoms. The monoisotopic (exact) mass is 344 g/mol. The first-order valence-electron chi connectivity index (χ1n) is 8.71. The minimum atomic E-state index is 0.623. The Bertz CT molecular complexity index is 739. The molecule has 0 atom stereocenters. The van der Waals surface area contributed by atoms with Gasteiger partial charge in [-0.15, -0.1) is 0 Å². The Morgan fingerprint density at radius 2 is 2.00 bits per heavy atom. The zero-order valence-electron chi connectivity index (χ0n) is 14.8. The van der Waals surface area contributed by atoms with E-state index in [0.717, 1.165) is 63.3 Å². The lowest BCUT2D eigenvalue weighted by Gasteiger charge is -2.35. The number of imidazole rings is 1. The van der Waals surface area contributed by atoms with Crippen LogP contribution in [0, 0.1) is 6.92 Å². The molecule has 2 aliphatic heterocycles. The third-order valence-corrected chi connectivity index (χ3v) is 4.78. The number of aromatic nitrogens is 4. The Morgan fingerprint density at radius 3 is 2.80 bits per heavy atom. The molecule has 0 aromatic carbocycles. The van der Waals surface area contributed by atoms with Crippen LogP contribution in [0.2, 0.25) is 0 Å². The minimum absolute atomic E-state index is 0.623. The fourth-order valence-electron chi connectivity index (χ4n) is 3.39. The van der Waals surface area contributed by atoms with E-state index in [1.165, 1.54) is 5.69 Å². The topological polar surface area (TPSA) is 68.5 Å². The average molecular weight is 344 g/mol. The number of nitrogens with zero attached hydrogens (tertiary/aromatic N) is 6. The summed E-state index contributed by atoms with van der Waals surface area (Å²) in [6.07, 6.45) is 1.99. The van der Waals surface area contributed by atoms with Crippen LogP contribution in [0.5, 0.6) is 5.88 Å². The quantitative estimate of drug-likeness (QED) is 0.814. The predicted molar refractivity (Wildman–Crippen MR) is 92.7 cm³/mol. The van der Waals surface area contributed by atoms with E-state index in [2.05, 4.69) is 29.3 Å². The van der Waals surface area contributed by atoms with Gasteiger partial charge in [0, 0.05) is 57.2 Å². The molecule has 0 amide bonds. The predicted octanol–water partition coefficient (Wildman–Crippen LogP) is 0.843. The molecule has 0 unspecified atom stereocenters. The van der Waals surface area contributed by atoms with Gasteiger partial charge in [0.15, 0.2) is 0 Å². The fraction of sp³-hybridized carbons (Fsp3) is 0.588. The molecule has 2 aromatic heterocycles. The highest BCUT2D eigenvalue weighted by molar-refractivity contribution is 5.35. The van der Waals surface area contributed by atoms with Crippen LogP contribution in [-0.2, 0) is 24.4 Å². The number of piperazine rings is 1. The molecule has 2 aromatic rings. The lowest BCUT2D eigenvalue weighted by atomic mass is 10.3. The number of rotatable bonds is 4. The molecule has 2 aliphatic rings. The summed E-state index contributed by atoms with van der Waals surface area (Å²) < 4.78 is 13.0. The van der Waals surface area contributed by atoms with Crippen LogP contribution in [0.1, 0.15) is 17.2 Å². The van der Waals surface area contributed by atoms with Gasteiger partial charge in [-0.3, -0.25) is 4.90 Å². The normalized spacial score (nSPS) is 18.2. The Balaban J connectivity index is 1.39. The summed E-state index contributed by atoms with van der Waals surface area (Å²) in [5.41, 5.74) is 2.21. The lowest BCUT2D eigenvalue weighted by molar-refractivity contribution is 0.0795. The maximum Gasteiger partial charge on any atom is 0.228 e. The molecule has 0 saturated carbocycles. The van der Waals surface area contributed by atoms with Crippen molar-refractivity contribution in [2.24, 2.45) is 0 Å². The van der Waals surface area contributed by atoms with Gasteiger partial charge in [-0.05, 0) is 6.92 Å². The van der Waals surface area contributed by atoms with Crippen LogP contribution in [0.4, 0.5) is 5.95 Å². The van der Waals surface area contributed by atoms with Gasteiger partial charge in [-0.25, -0.2) is 9.97 Å². The van der Waals surface area contributed by atoms with Gasteiger partial charge in [-0.1, -0.05) is 0 Å². The number of fused-ring (bicyclic) bond motifs is 1. The maximum atomic E-state index is 5.46. The van der Waals surface area contributed by atoms with E-state index >= 15 is 0 Å². The van der Waals surface area contributed by atoms with E-state index in [-0.39, 0.29) is 0 Å². The summed E-state index contributed by atoms with van der Waals surface area (Å²) in [6, 6.07) is 1.85. The maximum absolute atomic E-state index is 5.46. The zero-order valence-corrected chi connectivity index (χ0v) is 14.8. The van der Waals surface area contributed by atoms with Crippen molar-refractivity contribution in [2.45, 2.75) is 26.6 Å². The number of anilines is 1. The highest BCUT2D eigenvalue weighted by atomic mass is 16.5.